The second-order valence-corrected chi connectivity index (χ2v) is 5.12. The Morgan fingerprint density at radius 3 is 2.22 bits per heavy atom. The third-order valence-electron chi connectivity index (χ3n) is 3.18. The summed E-state index contributed by atoms with van der Waals surface area (Å²) < 4.78 is 0. The lowest BCUT2D eigenvalue weighted by molar-refractivity contribution is -0.384. The number of hydrogen-bond donors (Lipinski definition) is 2. The molecule has 2 aromatic rings. The Labute approximate surface area is 131 Å². The predicted molar refractivity (Wildman–Crippen MR) is 83.9 cm³/mol. The zero-order valence-electron chi connectivity index (χ0n) is 12.5. The average Bonchev–Trinajstić information content (AvgIpc) is 2.46. The molecule has 0 saturated heterocycles. The van der Waals surface area contributed by atoms with Crippen molar-refractivity contribution in [1.29, 1.82) is 0 Å². The molecule has 7 nitrogen and oxygen atoms in total. The van der Waals surface area contributed by atoms with E-state index in [-0.39, 0.29) is 16.9 Å². The van der Waals surface area contributed by atoms with E-state index in [2.05, 4.69) is 5.32 Å². The highest BCUT2D eigenvalue weighted by Gasteiger charge is 2.18. The third kappa shape index (κ3) is 3.70. The summed E-state index contributed by atoms with van der Waals surface area (Å²) in [7, 11) is 0. The number of carboxylic acid groups (broad SMARTS) is 1. The van der Waals surface area contributed by atoms with Crippen LogP contribution in [0.1, 0.15) is 31.8 Å². The SMILES string of the molecule is Cc1cc(C)cc(C(=O)Nc2ccc([N+](=O)[O-])cc2C(=O)O)c1. The van der Waals surface area contributed by atoms with Crippen molar-refractivity contribution in [1.82, 2.24) is 0 Å². The van der Waals surface area contributed by atoms with Gasteiger partial charge in [0.15, 0.2) is 0 Å². The van der Waals surface area contributed by atoms with Crippen LogP contribution in [0.5, 0.6) is 0 Å². The number of aromatic carboxylic acids is 1. The van der Waals surface area contributed by atoms with Crippen molar-refractivity contribution in [2.45, 2.75) is 13.8 Å². The summed E-state index contributed by atoms with van der Waals surface area (Å²) in [6.07, 6.45) is 0. The maximum absolute atomic E-state index is 12.3. The first-order chi connectivity index (χ1) is 10.8. The number of hydrogen-bond acceptors (Lipinski definition) is 4. The van der Waals surface area contributed by atoms with E-state index in [0.29, 0.717) is 5.56 Å². The molecule has 2 N–H and O–H groups in total. The molecule has 118 valence electrons. The van der Waals surface area contributed by atoms with Crippen molar-refractivity contribution in [3.63, 3.8) is 0 Å². The molecule has 1 amide bonds. The van der Waals surface area contributed by atoms with E-state index in [0.717, 1.165) is 23.3 Å². The van der Waals surface area contributed by atoms with Gasteiger partial charge in [-0.3, -0.25) is 14.9 Å². The number of nitrogens with one attached hydrogen (secondary N) is 1. The van der Waals surface area contributed by atoms with Gasteiger partial charge in [0.05, 0.1) is 16.2 Å². The number of nitro benzene ring substituents is 1. The molecule has 0 heterocycles. The molecule has 0 bridgehead atoms. The van der Waals surface area contributed by atoms with Gasteiger partial charge in [-0.15, -0.1) is 0 Å². The number of amides is 1. The Hall–Kier alpha value is -3.22. The molecule has 0 aromatic heterocycles. The van der Waals surface area contributed by atoms with Crippen molar-refractivity contribution in [3.05, 3.63) is 68.8 Å². The first-order valence-corrected chi connectivity index (χ1v) is 6.69. The maximum Gasteiger partial charge on any atom is 0.338 e. The second-order valence-electron chi connectivity index (χ2n) is 5.12. The number of carboxylic acids is 1. The predicted octanol–water partition coefficient (Wildman–Crippen LogP) is 3.16. The number of nitro groups is 1. The molecule has 0 aliphatic heterocycles. The molecule has 0 atom stereocenters. The fraction of sp³-hybridized carbons (Fsp3) is 0.125. The van der Waals surface area contributed by atoms with Gasteiger partial charge in [0.25, 0.3) is 11.6 Å². The summed E-state index contributed by atoms with van der Waals surface area (Å²) in [6, 6.07) is 8.53. The Morgan fingerprint density at radius 2 is 1.70 bits per heavy atom. The fourth-order valence-electron chi connectivity index (χ4n) is 2.23. The van der Waals surface area contributed by atoms with E-state index in [1.165, 1.54) is 6.07 Å². The van der Waals surface area contributed by atoms with E-state index < -0.39 is 16.8 Å². The molecule has 7 heteroatoms. The maximum atomic E-state index is 12.3. The Kier molecular flexibility index (Phi) is 4.40. The van der Waals surface area contributed by atoms with E-state index in [1.807, 2.05) is 19.9 Å². The van der Waals surface area contributed by atoms with Gasteiger partial charge in [-0.1, -0.05) is 17.2 Å². The number of benzene rings is 2. The fourth-order valence-corrected chi connectivity index (χ4v) is 2.23. The monoisotopic (exact) mass is 314 g/mol. The van der Waals surface area contributed by atoms with E-state index in [9.17, 15) is 19.7 Å². The van der Waals surface area contributed by atoms with Crippen LogP contribution in [-0.4, -0.2) is 21.9 Å². The van der Waals surface area contributed by atoms with Crippen LogP contribution in [0.3, 0.4) is 0 Å². The van der Waals surface area contributed by atoms with Crippen molar-refractivity contribution < 1.29 is 19.6 Å². The van der Waals surface area contributed by atoms with E-state index in [1.54, 1.807) is 12.1 Å². The zero-order valence-corrected chi connectivity index (χ0v) is 12.5. The van der Waals surface area contributed by atoms with Gasteiger partial charge in [-0.05, 0) is 32.0 Å². The minimum absolute atomic E-state index is 0.00672. The standard InChI is InChI=1S/C16H14N2O5/c1-9-5-10(2)7-11(6-9)15(19)17-14-4-3-12(18(22)23)8-13(14)16(20)21/h3-8H,1-2H3,(H,17,19)(H,20,21). The Balaban J connectivity index is 2.37. The molecule has 0 aliphatic rings. The minimum Gasteiger partial charge on any atom is -0.478 e. The number of non-ortho nitro benzene ring substituents is 1. The molecule has 0 fully saturated rings. The molecule has 0 saturated carbocycles. The van der Waals surface area contributed by atoms with Crippen LogP contribution >= 0.6 is 0 Å². The highest BCUT2D eigenvalue weighted by molar-refractivity contribution is 6.08. The van der Waals surface area contributed by atoms with Gasteiger partial charge < -0.3 is 10.4 Å². The highest BCUT2D eigenvalue weighted by Crippen LogP contribution is 2.23. The normalized spacial score (nSPS) is 10.2. The molecule has 0 unspecified atom stereocenters. The molecule has 23 heavy (non-hydrogen) atoms. The lowest BCUT2D eigenvalue weighted by Crippen LogP contribution is -2.15. The van der Waals surface area contributed by atoms with Gasteiger partial charge in [0, 0.05) is 17.7 Å². The summed E-state index contributed by atoms with van der Waals surface area (Å²) in [5, 5.41) is 22.4. The van der Waals surface area contributed by atoms with E-state index in [4.69, 9.17) is 5.11 Å². The molecule has 2 rings (SSSR count). The number of aryl methyl sites for hydroxylation is 2. The first kappa shape index (κ1) is 16.2. The summed E-state index contributed by atoms with van der Waals surface area (Å²) in [5.41, 5.74) is 1.50. The zero-order chi connectivity index (χ0) is 17.1. The first-order valence-electron chi connectivity index (χ1n) is 6.69. The smallest absolute Gasteiger partial charge is 0.338 e. The summed E-state index contributed by atoms with van der Waals surface area (Å²) >= 11 is 0. The molecule has 0 radical (unpaired) electrons. The van der Waals surface area contributed by atoms with Gasteiger partial charge >= 0.3 is 5.97 Å². The van der Waals surface area contributed by atoms with Gasteiger partial charge in [-0.25, -0.2) is 4.79 Å². The Bertz CT molecular complexity index is 794. The molecular formula is C16H14N2O5. The van der Waals surface area contributed by atoms with Crippen LogP contribution in [0.25, 0.3) is 0 Å². The summed E-state index contributed by atoms with van der Waals surface area (Å²) in [5.74, 6) is -1.84. The lowest BCUT2D eigenvalue weighted by Gasteiger charge is -2.09. The number of rotatable bonds is 4. The van der Waals surface area contributed by atoms with Crippen LogP contribution in [0.15, 0.2) is 36.4 Å². The van der Waals surface area contributed by atoms with Crippen molar-refractivity contribution >= 4 is 23.3 Å². The minimum atomic E-state index is -1.36. The van der Waals surface area contributed by atoms with Gasteiger partial charge in [0.2, 0.25) is 0 Å². The highest BCUT2D eigenvalue weighted by atomic mass is 16.6. The third-order valence-corrected chi connectivity index (χ3v) is 3.18. The van der Waals surface area contributed by atoms with Crippen LogP contribution in [0.4, 0.5) is 11.4 Å². The number of carbonyl (C=O) groups excluding carboxylic acids is 1. The van der Waals surface area contributed by atoms with Crippen LogP contribution < -0.4 is 5.32 Å². The van der Waals surface area contributed by atoms with Crippen molar-refractivity contribution in [2.24, 2.45) is 0 Å². The Morgan fingerprint density at radius 1 is 1.09 bits per heavy atom. The lowest BCUT2D eigenvalue weighted by atomic mass is 10.1. The number of anilines is 1. The number of nitrogens with zero attached hydrogens (tertiary/aromatic N) is 1. The average molecular weight is 314 g/mol. The molecule has 0 spiro atoms. The van der Waals surface area contributed by atoms with Crippen LogP contribution in [0.2, 0.25) is 0 Å². The number of carbonyl (C=O) groups is 2. The van der Waals surface area contributed by atoms with Crippen molar-refractivity contribution in [3.8, 4) is 0 Å². The summed E-state index contributed by atoms with van der Waals surface area (Å²) in [4.78, 5) is 33.6. The quantitative estimate of drug-likeness (QED) is 0.665. The van der Waals surface area contributed by atoms with Gasteiger partial charge in [-0.2, -0.15) is 0 Å². The topological polar surface area (TPSA) is 110 Å². The van der Waals surface area contributed by atoms with Crippen LogP contribution in [-0.2, 0) is 0 Å². The van der Waals surface area contributed by atoms with Gasteiger partial charge in [0.1, 0.15) is 0 Å². The van der Waals surface area contributed by atoms with Crippen molar-refractivity contribution in [2.75, 3.05) is 5.32 Å². The largest absolute Gasteiger partial charge is 0.478 e. The second kappa shape index (κ2) is 6.27. The molecule has 0 aliphatic carbocycles. The van der Waals surface area contributed by atoms with E-state index >= 15 is 0 Å². The molecular weight excluding hydrogens is 300 g/mol. The molecule has 2 aromatic carbocycles. The van der Waals surface area contributed by atoms with Crippen LogP contribution in [0, 0.1) is 24.0 Å². The summed E-state index contributed by atoms with van der Waals surface area (Å²) in [6.45, 7) is 3.69.